The van der Waals surface area contributed by atoms with Crippen molar-refractivity contribution in [3.8, 4) is 0 Å². The minimum Gasteiger partial charge on any atom is -0.294 e. The van der Waals surface area contributed by atoms with Gasteiger partial charge in [0.1, 0.15) is 0 Å². The molecule has 1 nitrogen and oxygen atoms in total. The van der Waals surface area contributed by atoms with E-state index in [4.69, 9.17) is 0 Å². The van der Waals surface area contributed by atoms with E-state index in [1.807, 2.05) is 42.5 Å². The van der Waals surface area contributed by atoms with Crippen LogP contribution in [-0.4, -0.2) is 5.78 Å². The maximum absolute atomic E-state index is 11.5. The topological polar surface area (TPSA) is 17.1 Å². The molecule has 1 aromatic rings. The average molecular weight is 212 g/mol. The number of hydrogen-bond donors (Lipinski definition) is 0. The Balaban J connectivity index is 2.75. The molecule has 0 spiro atoms. The van der Waals surface area contributed by atoms with Crippen molar-refractivity contribution in [2.75, 3.05) is 0 Å². The van der Waals surface area contributed by atoms with Gasteiger partial charge in [-0.25, -0.2) is 0 Å². The minimum absolute atomic E-state index is 0.0343. The van der Waals surface area contributed by atoms with Crippen molar-refractivity contribution in [3.05, 3.63) is 67.3 Å². The van der Waals surface area contributed by atoms with Gasteiger partial charge >= 0.3 is 0 Å². The third kappa shape index (κ3) is 3.70. The zero-order chi connectivity index (χ0) is 11.8. The molecule has 0 N–H and O–H groups in total. The molecule has 1 atom stereocenters. The van der Waals surface area contributed by atoms with Gasteiger partial charge in [0.2, 0.25) is 0 Å². The van der Waals surface area contributed by atoms with Crippen LogP contribution in [0.3, 0.4) is 0 Å². The summed E-state index contributed by atoms with van der Waals surface area (Å²) >= 11 is 0. The van der Waals surface area contributed by atoms with Crippen molar-refractivity contribution < 1.29 is 4.79 Å². The molecule has 0 aliphatic rings. The molecule has 16 heavy (non-hydrogen) atoms. The second-order valence-electron chi connectivity index (χ2n) is 3.51. The normalized spacial score (nSPS) is 12.2. The van der Waals surface area contributed by atoms with Gasteiger partial charge in [-0.2, -0.15) is 0 Å². The van der Waals surface area contributed by atoms with Crippen molar-refractivity contribution in [2.24, 2.45) is 5.92 Å². The first-order valence-corrected chi connectivity index (χ1v) is 5.28. The maximum atomic E-state index is 11.5. The summed E-state index contributed by atoms with van der Waals surface area (Å²) in [5.74, 6) is -0.109. The van der Waals surface area contributed by atoms with Crippen LogP contribution in [-0.2, 0) is 4.79 Å². The van der Waals surface area contributed by atoms with E-state index in [9.17, 15) is 4.79 Å². The quantitative estimate of drug-likeness (QED) is 0.519. The maximum Gasteiger partial charge on any atom is 0.162 e. The highest BCUT2D eigenvalue weighted by Crippen LogP contribution is 2.11. The Labute approximate surface area is 96.8 Å². The lowest BCUT2D eigenvalue weighted by Crippen LogP contribution is -2.07. The van der Waals surface area contributed by atoms with E-state index in [0.29, 0.717) is 6.42 Å². The monoisotopic (exact) mass is 212 g/mol. The molecule has 0 heterocycles. The first kappa shape index (κ1) is 12.2. The molecule has 1 unspecified atom stereocenters. The highest BCUT2D eigenvalue weighted by atomic mass is 16.1. The predicted octanol–water partition coefficient (Wildman–Crippen LogP) is 3.65. The summed E-state index contributed by atoms with van der Waals surface area (Å²) in [6, 6.07) is 9.90. The van der Waals surface area contributed by atoms with E-state index >= 15 is 0 Å². The Kier molecular flexibility index (Phi) is 5.00. The SMILES string of the molecule is C=CCC(C=Cc1ccccc1)C(=O)C=C. The molecule has 0 radical (unpaired) electrons. The van der Waals surface area contributed by atoms with Gasteiger partial charge in [0.25, 0.3) is 0 Å². The molecule has 0 aliphatic heterocycles. The van der Waals surface area contributed by atoms with Crippen LogP contribution in [0.1, 0.15) is 12.0 Å². The fourth-order valence-corrected chi connectivity index (χ4v) is 1.41. The summed E-state index contributed by atoms with van der Waals surface area (Å²) in [7, 11) is 0. The summed E-state index contributed by atoms with van der Waals surface area (Å²) in [6.07, 6.45) is 7.62. The largest absolute Gasteiger partial charge is 0.294 e. The second kappa shape index (κ2) is 6.57. The first-order chi connectivity index (χ1) is 7.77. The van der Waals surface area contributed by atoms with E-state index in [1.54, 1.807) is 6.08 Å². The summed E-state index contributed by atoms with van der Waals surface area (Å²) in [4.78, 5) is 11.5. The minimum atomic E-state index is -0.143. The van der Waals surface area contributed by atoms with Gasteiger partial charge in [-0.1, -0.05) is 55.1 Å². The van der Waals surface area contributed by atoms with Crippen LogP contribution < -0.4 is 0 Å². The fourth-order valence-electron chi connectivity index (χ4n) is 1.41. The number of carbonyl (C=O) groups excluding carboxylic acids is 1. The Bertz CT molecular complexity index is 387. The third-order valence-corrected chi connectivity index (χ3v) is 2.31. The number of allylic oxidation sites excluding steroid dienone is 3. The number of benzene rings is 1. The van der Waals surface area contributed by atoms with Crippen molar-refractivity contribution >= 4 is 11.9 Å². The Morgan fingerprint density at radius 3 is 2.50 bits per heavy atom. The van der Waals surface area contributed by atoms with E-state index in [2.05, 4.69) is 13.2 Å². The second-order valence-corrected chi connectivity index (χ2v) is 3.51. The van der Waals surface area contributed by atoms with Crippen molar-refractivity contribution in [1.29, 1.82) is 0 Å². The van der Waals surface area contributed by atoms with E-state index in [1.165, 1.54) is 6.08 Å². The van der Waals surface area contributed by atoms with Crippen LogP contribution >= 0.6 is 0 Å². The van der Waals surface area contributed by atoms with Crippen molar-refractivity contribution in [2.45, 2.75) is 6.42 Å². The van der Waals surface area contributed by atoms with E-state index in [0.717, 1.165) is 5.56 Å². The molecule has 1 heteroatoms. The summed E-state index contributed by atoms with van der Waals surface area (Å²) < 4.78 is 0. The van der Waals surface area contributed by atoms with Crippen LogP contribution in [0.4, 0.5) is 0 Å². The van der Waals surface area contributed by atoms with Crippen LogP contribution in [0.25, 0.3) is 6.08 Å². The summed E-state index contributed by atoms with van der Waals surface area (Å²) in [5.41, 5.74) is 1.09. The molecule has 1 rings (SSSR count). The van der Waals surface area contributed by atoms with Crippen molar-refractivity contribution in [3.63, 3.8) is 0 Å². The lowest BCUT2D eigenvalue weighted by Gasteiger charge is -2.05. The lowest BCUT2D eigenvalue weighted by molar-refractivity contribution is -0.116. The highest BCUT2D eigenvalue weighted by molar-refractivity contribution is 5.93. The number of hydrogen-bond acceptors (Lipinski definition) is 1. The Morgan fingerprint density at radius 1 is 1.25 bits per heavy atom. The van der Waals surface area contributed by atoms with Gasteiger partial charge in [0, 0.05) is 5.92 Å². The standard InChI is InChI=1S/C15H16O/c1-3-8-14(15(16)4-2)12-11-13-9-6-5-7-10-13/h3-7,9-12,14H,1-2,8H2. The lowest BCUT2D eigenvalue weighted by atomic mass is 9.98. The molecule has 0 saturated heterocycles. The van der Waals surface area contributed by atoms with Crippen LogP contribution in [0.5, 0.6) is 0 Å². The van der Waals surface area contributed by atoms with Crippen molar-refractivity contribution in [1.82, 2.24) is 0 Å². The summed E-state index contributed by atoms with van der Waals surface area (Å²) in [5, 5.41) is 0. The molecular weight excluding hydrogens is 196 g/mol. The van der Waals surface area contributed by atoms with Crippen LogP contribution in [0.15, 0.2) is 61.7 Å². The van der Waals surface area contributed by atoms with Gasteiger partial charge < -0.3 is 0 Å². The molecule has 0 bridgehead atoms. The summed E-state index contributed by atoms with van der Waals surface area (Å²) in [6.45, 7) is 7.15. The molecule has 1 aromatic carbocycles. The third-order valence-electron chi connectivity index (χ3n) is 2.31. The van der Waals surface area contributed by atoms with Gasteiger partial charge in [-0.15, -0.1) is 6.58 Å². The van der Waals surface area contributed by atoms with Gasteiger partial charge in [-0.05, 0) is 18.1 Å². The highest BCUT2D eigenvalue weighted by Gasteiger charge is 2.09. The Morgan fingerprint density at radius 2 is 1.94 bits per heavy atom. The van der Waals surface area contributed by atoms with Gasteiger partial charge in [-0.3, -0.25) is 4.79 Å². The van der Waals surface area contributed by atoms with Gasteiger partial charge in [0.05, 0.1) is 0 Å². The fraction of sp³-hybridized carbons (Fsp3) is 0.133. The predicted molar refractivity (Wildman–Crippen MR) is 69.0 cm³/mol. The van der Waals surface area contributed by atoms with E-state index in [-0.39, 0.29) is 11.7 Å². The molecule has 0 aliphatic carbocycles. The zero-order valence-electron chi connectivity index (χ0n) is 9.30. The molecule has 0 fully saturated rings. The molecule has 0 aromatic heterocycles. The molecular formula is C15H16O. The van der Waals surface area contributed by atoms with E-state index < -0.39 is 0 Å². The zero-order valence-corrected chi connectivity index (χ0v) is 9.30. The number of carbonyl (C=O) groups is 1. The average Bonchev–Trinajstić information content (AvgIpc) is 2.34. The van der Waals surface area contributed by atoms with Gasteiger partial charge in [0.15, 0.2) is 5.78 Å². The molecule has 0 amide bonds. The number of rotatable bonds is 6. The molecule has 82 valence electrons. The number of ketones is 1. The van der Waals surface area contributed by atoms with Crippen LogP contribution in [0, 0.1) is 5.92 Å². The molecule has 0 saturated carbocycles. The smallest absolute Gasteiger partial charge is 0.162 e. The Hall–Kier alpha value is -1.89. The van der Waals surface area contributed by atoms with Crippen LogP contribution in [0.2, 0.25) is 0 Å². The first-order valence-electron chi connectivity index (χ1n) is 5.28.